The minimum Gasteiger partial charge on any atom is -0.462 e. The normalized spacial score (nSPS) is 11.6. The number of rotatable bonds is 4. The van der Waals surface area contributed by atoms with Crippen molar-refractivity contribution in [2.24, 2.45) is 4.99 Å². The summed E-state index contributed by atoms with van der Waals surface area (Å²) >= 11 is 6.21. The predicted molar refractivity (Wildman–Crippen MR) is 114 cm³/mol. The van der Waals surface area contributed by atoms with Crippen LogP contribution in [-0.2, 0) is 4.74 Å². The van der Waals surface area contributed by atoms with Crippen molar-refractivity contribution >= 4 is 34.2 Å². The first kappa shape index (κ1) is 19.0. The number of fused-ring (bicyclic) bond motifs is 1. The fourth-order valence-corrected chi connectivity index (χ4v) is 3.21. The summed E-state index contributed by atoms with van der Waals surface area (Å²) in [5, 5.41) is 2.09. The van der Waals surface area contributed by atoms with Crippen LogP contribution in [-0.4, -0.2) is 12.6 Å². The maximum Gasteiger partial charge on any atom is 0.338 e. The maximum absolute atomic E-state index is 12.0. The van der Waals surface area contributed by atoms with Gasteiger partial charge in [-0.25, -0.2) is 9.79 Å². The molecule has 0 radical (unpaired) electrons. The number of esters is 1. The van der Waals surface area contributed by atoms with Crippen molar-refractivity contribution in [2.75, 3.05) is 6.61 Å². The summed E-state index contributed by atoms with van der Waals surface area (Å²) in [5.74, 6) is 0.325. The summed E-state index contributed by atoms with van der Waals surface area (Å²) in [4.78, 5) is 16.8. The Labute approximate surface area is 173 Å². The van der Waals surface area contributed by atoms with Crippen LogP contribution in [0.25, 0.3) is 22.3 Å². The van der Waals surface area contributed by atoms with Crippen LogP contribution in [0, 0.1) is 0 Å². The largest absolute Gasteiger partial charge is 0.462 e. The van der Waals surface area contributed by atoms with Gasteiger partial charge in [-0.3, -0.25) is 0 Å². The van der Waals surface area contributed by atoms with Gasteiger partial charge in [0.1, 0.15) is 11.3 Å². The van der Waals surface area contributed by atoms with Crippen LogP contribution in [0.1, 0.15) is 17.3 Å². The number of carbonyl (C=O) groups is 1. The Kier molecular flexibility index (Phi) is 5.45. The van der Waals surface area contributed by atoms with Crippen molar-refractivity contribution in [3.8, 4) is 11.3 Å². The van der Waals surface area contributed by atoms with Crippen LogP contribution < -0.4 is 5.36 Å². The van der Waals surface area contributed by atoms with Crippen LogP contribution in [0.5, 0.6) is 0 Å². The lowest BCUT2D eigenvalue weighted by Gasteiger charge is -2.06. The van der Waals surface area contributed by atoms with Gasteiger partial charge in [0.25, 0.3) is 0 Å². The Morgan fingerprint density at radius 1 is 1.00 bits per heavy atom. The van der Waals surface area contributed by atoms with Gasteiger partial charge >= 0.3 is 5.97 Å². The van der Waals surface area contributed by atoms with E-state index in [1.165, 1.54) is 0 Å². The molecule has 0 spiro atoms. The van der Waals surface area contributed by atoms with Gasteiger partial charge in [-0.15, -0.1) is 0 Å². The fourth-order valence-electron chi connectivity index (χ4n) is 3.03. The summed E-state index contributed by atoms with van der Waals surface area (Å²) in [6.45, 7) is 2.10. The van der Waals surface area contributed by atoms with E-state index in [1.54, 1.807) is 31.2 Å². The van der Waals surface area contributed by atoms with Crippen molar-refractivity contribution in [1.29, 1.82) is 0 Å². The molecule has 0 saturated carbocycles. The molecule has 5 heteroatoms. The zero-order valence-electron chi connectivity index (χ0n) is 15.8. The molecule has 0 aliphatic heterocycles. The van der Waals surface area contributed by atoms with E-state index in [0.717, 1.165) is 10.9 Å². The van der Waals surface area contributed by atoms with Crippen molar-refractivity contribution < 1.29 is 13.9 Å². The minimum absolute atomic E-state index is 0.323. The highest BCUT2D eigenvalue weighted by Gasteiger charge is 2.09. The van der Waals surface area contributed by atoms with Crippen LogP contribution in [0.4, 0.5) is 5.69 Å². The molecule has 0 amide bonds. The van der Waals surface area contributed by atoms with E-state index in [-0.39, 0.29) is 5.97 Å². The molecule has 29 heavy (non-hydrogen) atoms. The molecule has 0 N–H and O–H groups in total. The van der Waals surface area contributed by atoms with E-state index in [2.05, 4.69) is 0 Å². The molecule has 0 bridgehead atoms. The second-order valence-corrected chi connectivity index (χ2v) is 6.82. The first-order valence-electron chi connectivity index (χ1n) is 9.25. The molecule has 4 rings (SSSR count). The SMILES string of the molecule is CCOC(=O)c1cccc(N=c2cc(-c3ccccc3)oc3ccc(Cl)cc23)c1. The number of halogens is 1. The van der Waals surface area contributed by atoms with Gasteiger partial charge in [-0.05, 0) is 43.3 Å². The third-order valence-electron chi connectivity index (χ3n) is 4.37. The third kappa shape index (κ3) is 4.23. The van der Waals surface area contributed by atoms with E-state index in [9.17, 15) is 4.79 Å². The zero-order valence-corrected chi connectivity index (χ0v) is 16.5. The molecular weight excluding hydrogens is 386 g/mol. The van der Waals surface area contributed by atoms with E-state index in [0.29, 0.717) is 39.6 Å². The summed E-state index contributed by atoms with van der Waals surface area (Å²) in [7, 11) is 0. The molecule has 0 saturated heterocycles. The molecule has 0 aliphatic carbocycles. The number of hydrogen-bond acceptors (Lipinski definition) is 4. The highest BCUT2D eigenvalue weighted by molar-refractivity contribution is 6.31. The van der Waals surface area contributed by atoms with Crippen LogP contribution in [0.3, 0.4) is 0 Å². The molecule has 4 nitrogen and oxygen atoms in total. The van der Waals surface area contributed by atoms with Crippen molar-refractivity contribution in [1.82, 2.24) is 0 Å². The number of hydrogen-bond donors (Lipinski definition) is 0. The highest BCUT2D eigenvalue weighted by atomic mass is 35.5. The van der Waals surface area contributed by atoms with Crippen molar-refractivity contribution in [3.05, 3.63) is 94.8 Å². The summed E-state index contributed by atoms with van der Waals surface area (Å²) < 4.78 is 11.2. The number of benzene rings is 3. The summed E-state index contributed by atoms with van der Waals surface area (Å²) in [6, 6.07) is 24.2. The Morgan fingerprint density at radius 2 is 1.83 bits per heavy atom. The van der Waals surface area contributed by atoms with E-state index in [4.69, 9.17) is 25.7 Å². The molecule has 144 valence electrons. The zero-order chi connectivity index (χ0) is 20.2. The summed E-state index contributed by atoms with van der Waals surface area (Å²) in [5.41, 5.74) is 2.72. The molecule has 0 atom stereocenters. The van der Waals surface area contributed by atoms with Crippen molar-refractivity contribution in [3.63, 3.8) is 0 Å². The lowest BCUT2D eigenvalue weighted by Crippen LogP contribution is -2.05. The van der Waals surface area contributed by atoms with E-state index in [1.807, 2.05) is 54.6 Å². The Morgan fingerprint density at radius 3 is 2.62 bits per heavy atom. The van der Waals surface area contributed by atoms with E-state index >= 15 is 0 Å². The quantitative estimate of drug-likeness (QED) is 0.383. The van der Waals surface area contributed by atoms with Gasteiger partial charge in [0.05, 0.1) is 23.2 Å². The Balaban J connectivity index is 1.91. The van der Waals surface area contributed by atoms with Crippen LogP contribution in [0.15, 0.2) is 88.3 Å². The topological polar surface area (TPSA) is 51.8 Å². The molecule has 1 heterocycles. The van der Waals surface area contributed by atoms with Gasteiger partial charge in [0.2, 0.25) is 0 Å². The maximum atomic E-state index is 12.0. The number of ether oxygens (including phenoxy) is 1. The minimum atomic E-state index is -0.370. The first-order chi connectivity index (χ1) is 14.1. The summed E-state index contributed by atoms with van der Waals surface area (Å²) in [6.07, 6.45) is 0. The second kappa shape index (κ2) is 8.33. The van der Waals surface area contributed by atoms with E-state index < -0.39 is 0 Å². The third-order valence-corrected chi connectivity index (χ3v) is 4.61. The van der Waals surface area contributed by atoms with Gasteiger partial charge < -0.3 is 9.15 Å². The molecule has 0 aliphatic rings. The second-order valence-electron chi connectivity index (χ2n) is 6.38. The fraction of sp³-hybridized carbons (Fsp3) is 0.0833. The lowest BCUT2D eigenvalue weighted by molar-refractivity contribution is 0.0526. The number of carbonyl (C=O) groups excluding carboxylic acids is 1. The average Bonchev–Trinajstić information content (AvgIpc) is 2.75. The Bertz CT molecular complexity index is 1250. The highest BCUT2D eigenvalue weighted by Crippen LogP contribution is 2.24. The molecule has 0 fully saturated rings. The van der Waals surface area contributed by atoms with Crippen molar-refractivity contribution in [2.45, 2.75) is 6.92 Å². The first-order valence-corrected chi connectivity index (χ1v) is 9.62. The standard InChI is InChI=1S/C24H18ClNO3/c1-2-28-24(27)17-9-6-10-19(13-17)26-21-15-23(16-7-4-3-5-8-16)29-22-12-11-18(25)14-20(21)22/h3-15H,2H2,1H3. The van der Waals surface area contributed by atoms with Crippen LogP contribution >= 0.6 is 11.6 Å². The van der Waals surface area contributed by atoms with Gasteiger partial charge in [0.15, 0.2) is 0 Å². The Hall–Kier alpha value is -3.37. The predicted octanol–water partition coefficient (Wildman–Crippen LogP) is 6.16. The van der Waals surface area contributed by atoms with Crippen LogP contribution in [0.2, 0.25) is 5.02 Å². The van der Waals surface area contributed by atoms with Gasteiger partial charge in [-0.1, -0.05) is 48.0 Å². The van der Waals surface area contributed by atoms with Gasteiger partial charge in [0, 0.05) is 22.0 Å². The molecular formula is C24H18ClNO3. The molecule has 3 aromatic carbocycles. The molecule has 0 unspecified atom stereocenters. The lowest BCUT2D eigenvalue weighted by atomic mass is 10.1. The average molecular weight is 404 g/mol. The van der Waals surface area contributed by atoms with Gasteiger partial charge in [-0.2, -0.15) is 0 Å². The number of nitrogens with zero attached hydrogens (tertiary/aromatic N) is 1. The smallest absolute Gasteiger partial charge is 0.338 e. The molecule has 1 aromatic heterocycles. The molecule has 4 aromatic rings. The monoisotopic (exact) mass is 403 g/mol.